The molecule has 0 radical (unpaired) electrons. The van der Waals surface area contributed by atoms with Gasteiger partial charge in [-0.3, -0.25) is 0 Å². The summed E-state index contributed by atoms with van der Waals surface area (Å²) in [7, 11) is 0. The number of rotatable bonds is 1. The Balaban J connectivity index is 0.000000132. The van der Waals surface area contributed by atoms with Crippen LogP contribution in [0.3, 0.4) is 0 Å². The predicted octanol–water partition coefficient (Wildman–Crippen LogP) is 1.88. The quantitative estimate of drug-likeness (QED) is 0.520. The third-order valence-electron chi connectivity index (χ3n) is 1.88. The van der Waals surface area contributed by atoms with Crippen LogP contribution in [0.2, 0.25) is 0 Å². The minimum atomic E-state index is -0.231. The molecule has 1 aliphatic heterocycles. The zero-order valence-corrected chi connectivity index (χ0v) is 8.50. The average molecular weight is 203 g/mol. The lowest BCUT2D eigenvalue weighted by molar-refractivity contribution is 0.225. The Morgan fingerprint density at radius 2 is 2.31 bits per heavy atom. The number of epoxide rings is 1. The van der Waals surface area contributed by atoms with Crippen LogP contribution in [0.1, 0.15) is 13.3 Å². The van der Waals surface area contributed by atoms with Crippen molar-refractivity contribution in [2.45, 2.75) is 25.0 Å². The van der Waals surface area contributed by atoms with Gasteiger partial charge in [0.1, 0.15) is 5.60 Å². The summed E-state index contributed by atoms with van der Waals surface area (Å²) in [6.45, 7) is 2.84. The van der Waals surface area contributed by atoms with E-state index < -0.39 is 0 Å². The largest absolute Gasteiger partial charge is 0.389 e. The molecule has 2 atom stereocenters. The maximum absolute atomic E-state index is 8.77. The second-order valence-corrected chi connectivity index (χ2v) is 3.76. The van der Waals surface area contributed by atoms with Crippen molar-refractivity contribution in [3.8, 4) is 0 Å². The van der Waals surface area contributed by atoms with E-state index >= 15 is 0 Å². The van der Waals surface area contributed by atoms with Crippen molar-refractivity contribution in [3.05, 3.63) is 24.3 Å². The minimum absolute atomic E-state index is 0.0571. The highest BCUT2D eigenvalue weighted by atomic mass is 35.5. The summed E-state index contributed by atoms with van der Waals surface area (Å²) in [4.78, 5) is 0. The molecule has 13 heavy (non-hydrogen) atoms. The Kier molecular flexibility index (Phi) is 3.97. The van der Waals surface area contributed by atoms with Gasteiger partial charge >= 0.3 is 0 Å². The first-order chi connectivity index (χ1) is 6.16. The van der Waals surface area contributed by atoms with Crippen LogP contribution < -0.4 is 0 Å². The topological polar surface area (TPSA) is 32.8 Å². The maximum atomic E-state index is 8.77. The summed E-state index contributed by atoms with van der Waals surface area (Å²) in [6.07, 6.45) is 8.06. The van der Waals surface area contributed by atoms with E-state index in [0.717, 1.165) is 13.0 Å². The number of aliphatic hydroxyl groups excluding tert-OH is 1. The average Bonchev–Trinajstić information content (AvgIpc) is 2.87. The smallest absolute Gasteiger partial charge is 0.102 e. The summed E-state index contributed by atoms with van der Waals surface area (Å²) in [6, 6.07) is 0. The summed E-state index contributed by atoms with van der Waals surface area (Å²) in [5, 5.41) is 8.77. The van der Waals surface area contributed by atoms with E-state index in [0.29, 0.717) is 5.88 Å². The summed E-state index contributed by atoms with van der Waals surface area (Å²) in [5.41, 5.74) is 0.0571. The third kappa shape index (κ3) is 4.46. The monoisotopic (exact) mass is 202 g/mol. The van der Waals surface area contributed by atoms with Gasteiger partial charge in [-0.15, -0.1) is 11.6 Å². The number of hydrogen-bond donors (Lipinski definition) is 1. The molecule has 2 aliphatic rings. The van der Waals surface area contributed by atoms with Crippen LogP contribution in [-0.2, 0) is 4.74 Å². The number of halogens is 1. The highest BCUT2D eigenvalue weighted by Crippen LogP contribution is 2.26. The van der Waals surface area contributed by atoms with Crippen molar-refractivity contribution < 1.29 is 9.84 Å². The lowest BCUT2D eigenvalue weighted by Crippen LogP contribution is -2.04. The van der Waals surface area contributed by atoms with Crippen LogP contribution in [0.4, 0.5) is 0 Å². The minimum Gasteiger partial charge on any atom is -0.389 e. The second-order valence-electron chi connectivity index (χ2n) is 3.49. The fourth-order valence-electron chi connectivity index (χ4n) is 0.768. The Morgan fingerprint density at radius 1 is 1.62 bits per heavy atom. The first-order valence-corrected chi connectivity index (χ1v) is 4.91. The fraction of sp³-hybridized carbons (Fsp3) is 0.600. The molecular weight excluding hydrogens is 188 g/mol. The lowest BCUT2D eigenvalue weighted by atomic mass is 10.1. The zero-order chi connectivity index (χ0) is 9.73. The second kappa shape index (κ2) is 4.80. The Labute approximate surface area is 83.8 Å². The first-order valence-electron chi connectivity index (χ1n) is 4.38. The molecule has 1 fully saturated rings. The van der Waals surface area contributed by atoms with Gasteiger partial charge in [-0.05, 0) is 13.3 Å². The third-order valence-corrected chi connectivity index (χ3v) is 2.44. The summed E-state index contributed by atoms with van der Waals surface area (Å²) < 4.78 is 4.91. The molecule has 74 valence electrons. The molecular formula is C10H15ClO2. The predicted molar refractivity (Wildman–Crippen MR) is 54.0 cm³/mol. The van der Waals surface area contributed by atoms with Crippen LogP contribution in [0, 0.1) is 0 Å². The fourth-order valence-corrected chi connectivity index (χ4v) is 0.922. The van der Waals surface area contributed by atoms with Gasteiger partial charge in [0, 0.05) is 0 Å². The van der Waals surface area contributed by atoms with Crippen molar-refractivity contribution >= 4 is 11.6 Å². The SMILES string of the molecule is CC1(CCl)CO1.OC1C=CC=CC1. The summed E-state index contributed by atoms with van der Waals surface area (Å²) in [5.74, 6) is 0.632. The standard InChI is InChI=1S/C6H8O.C4H7ClO/c7-6-4-2-1-3-5-6;1-4(2-5)3-6-4/h1-4,6-7H,5H2;2-3H2,1H3. The Hall–Kier alpha value is -0.310. The van der Waals surface area contributed by atoms with Crippen molar-refractivity contribution in [3.63, 3.8) is 0 Å². The molecule has 0 amide bonds. The number of alkyl halides is 1. The molecule has 1 aliphatic carbocycles. The molecule has 2 unspecified atom stereocenters. The van der Waals surface area contributed by atoms with E-state index in [4.69, 9.17) is 21.4 Å². The van der Waals surface area contributed by atoms with Crippen molar-refractivity contribution in [1.29, 1.82) is 0 Å². The van der Waals surface area contributed by atoms with Crippen LogP contribution in [0.15, 0.2) is 24.3 Å². The number of ether oxygens (including phenoxy) is 1. The number of allylic oxidation sites excluding steroid dienone is 2. The van der Waals surface area contributed by atoms with Crippen LogP contribution >= 0.6 is 11.6 Å². The van der Waals surface area contributed by atoms with Gasteiger partial charge < -0.3 is 9.84 Å². The van der Waals surface area contributed by atoms with Gasteiger partial charge in [0.05, 0.1) is 18.6 Å². The van der Waals surface area contributed by atoms with E-state index in [1.807, 2.05) is 25.2 Å². The Morgan fingerprint density at radius 3 is 2.46 bits per heavy atom. The maximum Gasteiger partial charge on any atom is 0.102 e. The van der Waals surface area contributed by atoms with Crippen molar-refractivity contribution in [2.24, 2.45) is 0 Å². The number of hydrogen-bond acceptors (Lipinski definition) is 2. The molecule has 3 heteroatoms. The van der Waals surface area contributed by atoms with Crippen LogP contribution in [-0.4, -0.2) is 29.3 Å². The zero-order valence-electron chi connectivity index (χ0n) is 7.74. The van der Waals surface area contributed by atoms with E-state index in [1.165, 1.54) is 0 Å². The molecule has 0 aromatic rings. The van der Waals surface area contributed by atoms with Gasteiger partial charge in [-0.25, -0.2) is 0 Å². The lowest BCUT2D eigenvalue weighted by Gasteiger charge is -2.01. The molecule has 1 N–H and O–H groups in total. The number of aliphatic hydroxyl groups is 1. The molecule has 1 saturated heterocycles. The molecule has 0 aromatic carbocycles. The normalized spacial score (nSPS) is 35.2. The summed E-state index contributed by atoms with van der Waals surface area (Å²) >= 11 is 5.42. The first kappa shape index (κ1) is 10.8. The molecule has 2 rings (SSSR count). The van der Waals surface area contributed by atoms with Gasteiger partial charge in [-0.2, -0.15) is 0 Å². The van der Waals surface area contributed by atoms with E-state index in [-0.39, 0.29) is 11.7 Å². The highest BCUT2D eigenvalue weighted by Gasteiger charge is 2.37. The van der Waals surface area contributed by atoms with Gasteiger partial charge in [0.15, 0.2) is 0 Å². The molecule has 2 nitrogen and oxygen atoms in total. The van der Waals surface area contributed by atoms with Gasteiger partial charge in [0.2, 0.25) is 0 Å². The van der Waals surface area contributed by atoms with Gasteiger partial charge in [-0.1, -0.05) is 24.3 Å². The molecule has 0 bridgehead atoms. The highest BCUT2D eigenvalue weighted by molar-refractivity contribution is 6.18. The van der Waals surface area contributed by atoms with Crippen LogP contribution in [0.25, 0.3) is 0 Å². The van der Waals surface area contributed by atoms with Gasteiger partial charge in [0.25, 0.3) is 0 Å². The molecule has 1 heterocycles. The molecule has 0 spiro atoms. The molecule has 0 saturated carbocycles. The Bertz CT molecular complexity index is 207. The van der Waals surface area contributed by atoms with E-state index in [1.54, 1.807) is 6.08 Å². The van der Waals surface area contributed by atoms with E-state index in [9.17, 15) is 0 Å². The van der Waals surface area contributed by atoms with Crippen LogP contribution in [0.5, 0.6) is 0 Å². The molecule has 0 aromatic heterocycles. The van der Waals surface area contributed by atoms with Crippen molar-refractivity contribution in [1.82, 2.24) is 0 Å². The van der Waals surface area contributed by atoms with E-state index in [2.05, 4.69) is 0 Å². The van der Waals surface area contributed by atoms with Crippen molar-refractivity contribution in [2.75, 3.05) is 12.5 Å².